The molecule has 15 heteroatoms. The van der Waals surface area contributed by atoms with Gasteiger partial charge in [0, 0.05) is 6.07 Å². The number of phenolic OH excluding ortho intramolecular Hbond substituents is 4. The highest BCUT2D eigenvalue weighted by atomic mass is 16.7. The molecule has 1 aromatic heterocycles. The summed E-state index contributed by atoms with van der Waals surface area (Å²) in [4.78, 5) is 0. The van der Waals surface area contributed by atoms with Crippen LogP contribution in [0.25, 0.3) is 22.3 Å². The summed E-state index contributed by atoms with van der Waals surface area (Å²) in [6.45, 7) is 0.925. The van der Waals surface area contributed by atoms with E-state index in [9.17, 15) is 51.1 Å². The highest BCUT2D eigenvalue weighted by Crippen LogP contribution is 2.45. The number of phenols is 4. The Balaban J connectivity index is 1.44. The van der Waals surface area contributed by atoms with Gasteiger partial charge in [0.25, 0.3) is 0 Å². The molecule has 0 amide bonds. The van der Waals surface area contributed by atoms with Gasteiger partial charge in [-0.3, -0.25) is 0 Å². The Morgan fingerprint density at radius 2 is 1.38 bits per heavy atom. The van der Waals surface area contributed by atoms with Gasteiger partial charge in [-0.05, 0) is 31.2 Å². The topological polar surface area (TPSA) is 251 Å². The van der Waals surface area contributed by atoms with Crippen LogP contribution in [0, 0.1) is 0 Å². The maximum Gasteiger partial charge on any atom is 0.402 e. The van der Waals surface area contributed by atoms with E-state index in [2.05, 4.69) is 0 Å². The molecule has 0 bridgehead atoms. The second kappa shape index (κ2) is 11.6. The van der Waals surface area contributed by atoms with Crippen molar-refractivity contribution in [3.63, 3.8) is 0 Å². The molecular formula is C27H31O15+. The molecular weight excluding hydrogens is 564 g/mol. The normalized spacial score (nSPS) is 33.5. The zero-order valence-electron chi connectivity index (χ0n) is 22.0. The van der Waals surface area contributed by atoms with Crippen molar-refractivity contribution in [2.75, 3.05) is 6.61 Å². The number of hydrogen-bond acceptors (Lipinski definition) is 14. The number of hydrogen-bond donors (Lipinski definition) is 10. The van der Waals surface area contributed by atoms with Gasteiger partial charge >= 0.3 is 11.3 Å². The molecule has 42 heavy (non-hydrogen) atoms. The van der Waals surface area contributed by atoms with E-state index in [0.29, 0.717) is 5.56 Å². The van der Waals surface area contributed by atoms with Gasteiger partial charge in [0.2, 0.25) is 17.8 Å². The van der Waals surface area contributed by atoms with E-state index in [0.717, 1.165) is 6.07 Å². The Bertz CT molecular complexity index is 1420. The second-order valence-electron chi connectivity index (χ2n) is 10.1. The predicted molar refractivity (Wildman–Crippen MR) is 138 cm³/mol. The molecule has 2 saturated heterocycles. The van der Waals surface area contributed by atoms with Crippen molar-refractivity contribution in [3.8, 4) is 40.1 Å². The van der Waals surface area contributed by atoms with Gasteiger partial charge in [0.05, 0.1) is 24.3 Å². The van der Waals surface area contributed by atoms with E-state index < -0.39 is 85.3 Å². The number of rotatable bonds is 6. The number of aromatic hydroxyl groups is 4. The summed E-state index contributed by atoms with van der Waals surface area (Å²) < 4.78 is 28.3. The summed E-state index contributed by atoms with van der Waals surface area (Å²) in [5, 5.41) is 102. The molecule has 3 heterocycles. The molecule has 2 aromatic carbocycles. The van der Waals surface area contributed by atoms with Crippen LogP contribution in [0.1, 0.15) is 6.92 Å². The molecule has 0 spiro atoms. The summed E-state index contributed by atoms with van der Waals surface area (Å²) in [5.41, 5.74) is 0.262. The Hall–Kier alpha value is -3.51. The van der Waals surface area contributed by atoms with Crippen LogP contribution >= 0.6 is 0 Å². The lowest BCUT2D eigenvalue weighted by molar-refractivity contribution is -0.318. The number of aliphatic hydroxyl groups is 6. The van der Waals surface area contributed by atoms with Crippen molar-refractivity contribution < 1.29 is 74.4 Å². The quantitative estimate of drug-likeness (QED) is 0.124. The predicted octanol–water partition coefficient (Wildman–Crippen LogP) is -0.766. The van der Waals surface area contributed by atoms with Crippen molar-refractivity contribution in [2.45, 2.75) is 68.3 Å². The average molecular weight is 596 g/mol. The maximum absolute atomic E-state index is 10.7. The van der Waals surface area contributed by atoms with E-state index in [1.54, 1.807) is 0 Å². The zero-order valence-corrected chi connectivity index (χ0v) is 22.0. The maximum atomic E-state index is 10.7. The van der Waals surface area contributed by atoms with Crippen LogP contribution in [0.2, 0.25) is 0 Å². The first-order chi connectivity index (χ1) is 19.9. The summed E-state index contributed by atoms with van der Waals surface area (Å²) in [5.74, 6) is -2.50. The van der Waals surface area contributed by atoms with Gasteiger partial charge in [-0.1, -0.05) is 0 Å². The fourth-order valence-corrected chi connectivity index (χ4v) is 4.74. The molecule has 0 radical (unpaired) electrons. The van der Waals surface area contributed by atoms with E-state index in [1.165, 1.54) is 37.3 Å². The molecule has 5 rings (SSSR count). The summed E-state index contributed by atoms with van der Waals surface area (Å²) in [6.07, 6.45) is -15.3. The van der Waals surface area contributed by atoms with Crippen LogP contribution in [0.3, 0.4) is 0 Å². The largest absolute Gasteiger partial charge is 0.508 e. The molecule has 10 N–H and O–H groups in total. The van der Waals surface area contributed by atoms with Crippen LogP contribution in [-0.4, -0.2) is 119 Å². The van der Waals surface area contributed by atoms with Crippen molar-refractivity contribution in [1.29, 1.82) is 0 Å². The van der Waals surface area contributed by atoms with Gasteiger partial charge in [-0.15, -0.1) is 0 Å². The van der Waals surface area contributed by atoms with Crippen molar-refractivity contribution in [2.24, 2.45) is 0 Å². The highest BCUT2D eigenvalue weighted by Gasteiger charge is 2.48. The third-order valence-corrected chi connectivity index (χ3v) is 7.24. The zero-order chi connectivity index (χ0) is 30.5. The molecule has 2 aliphatic heterocycles. The Morgan fingerprint density at radius 1 is 0.738 bits per heavy atom. The van der Waals surface area contributed by atoms with E-state index >= 15 is 0 Å². The van der Waals surface area contributed by atoms with Gasteiger partial charge < -0.3 is 70.0 Å². The summed E-state index contributed by atoms with van der Waals surface area (Å²) in [7, 11) is 0. The Kier molecular flexibility index (Phi) is 8.30. The van der Waals surface area contributed by atoms with Crippen LogP contribution in [-0.2, 0) is 14.2 Å². The summed E-state index contributed by atoms with van der Waals surface area (Å²) >= 11 is 0. The number of benzene rings is 2. The first-order valence-corrected chi connectivity index (χ1v) is 12.9. The van der Waals surface area contributed by atoms with Crippen LogP contribution in [0.5, 0.6) is 28.7 Å². The van der Waals surface area contributed by atoms with E-state index in [4.69, 9.17) is 23.4 Å². The lowest BCUT2D eigenvalue weighted by Gasteiger charge is -2.42. The van der Waals surface area contributed by atoms with Gasteiger partial charge in [-0.25, -0.2) is 4.42 Å². The minimum Gasteiger partial charge on any atom is -0.508 e. The van der Waals surface area contributed by atoms with Crippen LogP contribution in [0.15, 0.2) is 40.8 Å². The number of aliphatic hydroxyl groups excluding tert-OH is 6. The summed E-state index contributed by atoms with van der Waals surface area (Å²) in [6, 6.07) is 7.89. The first-order valence-electron chi connectivity index (χ1n) is 12.9. The Labute approximate surface area is 237 Å². The van der Waals surface area contributed by atoms with Crippen molar-refractivity contribution in [1.82, 2.24) is 0 Å². The average Bonchev–Trinajstić information content (AvgIpc) is 2.97. The van der Waals surface area contributed by atoms with Crippen molar-refractivity contribution >= 4 is 11.0 Å². The molecule has 0 saturated carbocycles. The lowest BCUT2D eigenvalue weighted by atomic mass is 9.98. The monoisotopic (exact) mass is 595 g/mol. The molecule has 2 fully saturated rings. The fourth-order valence-electron chi connectivity index (χ4n) is 4.74. The molecule has 15 nitrogen and oxygen atoms in total. The smallest absolute Gasteiger partial charge is 0.402 e. The number of ether oxygens (including phenoxy) is 4. The Morgan fingerprint density at radius 3 is 2.07 bits per heavy atom. The van der Waals surface area contributed by atoms with Crippen molar-refractivity contribution in [3.05, 3.63) is 36.4 Å². The van der Waals surface area contributed by atoms with Crippen LogP contribution in [0.4, 0.5) is 0 Å². The fraction of sp³-hybridized carbons (Fsp3) is 0.444. The third kappa shape index (κ3) is 5.49. The third-order valence-electron chi connectivity index (χ3n) is 7.24. The standard InChI is InChI=1S/C27H30O15/c1-9-17(30)21(34)23(36)26(39-9)38-8-16-20(33)22(35)24(37)27(42-16)41-15-6-12-14(7-13(29)19(32)18(12)31)40-25(15)10-2-4-11(28)5-3-10/h2-7,9,16-17,20-24,26-27,30,33-37H,8H2,1H3,(H3-,28,29,31,32)/p+1/t9-,16+,17-,20+,21+,22-,23+,24+,26+,27+/m0/s1. The molecule has 228 valence electrons. The van der Waals surface area contributed by atoms with Gasteiger partial charge in [0.1, 0.15) is 53.9 Å². The second-order valence-corrected chi connectivity index (χ2v) is 10.1. The minimum atomic E-state index is -1.82. The molecule has 0 unspecified atom stereocenters. The number of fused-ring (bicyclic) bond motifs is 1. The van der Waals surface area contributed by atoms with Crippen LogP contribution < -0.4 is 4.74 Å². The molecule has 3 aromatic rings. The lowest BCUT2D eigenvalue weighted by Crippen LogP contribution is -2.61. The SMILES string of the molecule is C[C@@H]1O[C@@H](OC[C@H]2O[C@@H](Oc3cc4c(O)c(O)c(O)cc4[o+]c3-c3ccc(O)cc3)[C@H](O)[C@@H](O)[C@@H]2O)[C@H](O)[C@H](O)[C@H]1O. The first kappa shape index (κ1) is 30.0. The minimum absolute atomic E-state index is 0.0311. The highest BCUT2D eigenvalue weighted by molar-refractivity contribution is 5.91. The van der Waals surface area contributed by atoms with Gasteiger partial charge in [-0.2, -0.15) is 0 Å². The van der Waals surface area contributed by atoms with E-state index in [1.807, 2.05) is 0 Å². The molecule has 0 aliphatic carbocycles. The molecule has 10 atom stereocenters. The molecule has 2 aliphatic rings. The van der Waals surface area contributed by atoms with E-state index in [-0.39, 0.29) is 28.2 Å². The van der Waals surface area contributed by atoms with Gasteiger partial charge in [0.15, 0.2) is 17.8 Å².